The van der Waals surface area contributed by atoms with E-state index in [9.17, 15) is 0 Å². The Bertz CT molecular complexity index is 350. The lowest BCUT2D eigenvalue weighted by Gasteiger charge is -2.27. The molecule has 1 unspecified atom stereocenters. The van der Waals surface area contributed by atoms with E-state index >= 15 is 0 Å². The summed E-state index contributed by atoms with van der Waals surface area (Å²) in [6, 6.07) is 8.95. The van der Waals surface area contributed by atoms with E-state index in [0.717, 1.165) is 11.2 Å². The van der Waals surface area contributed by atoms with Gasteiger partial charge in [-0.15, -0.1) is 11.8 Å². The molecule has 18 heavy (non-hydrogen) atoms. The summed E-state index contributed by atoms with van der Waals surface area (Å²) in [5, 5.41) is 0.828. The van der Waals surface area contributed by atoms with E-state index in [4.69, 9.17) is 5.73 Å². The third-order valence-corrected chi connectivity index (χ3v) is 5.43. The average Bonchev–Trinajstić information content (AvgIpc) is 2.40. The van der Waals surface area contributed by atoms with Crippen molar-refractivity contribution >= 4 is 11.8 Å². The van der Waals surface area contributed by atoms with E-state index < -0.39 is 0 Å². The normalized spacial score (nSPS) is 25.9. The van der Waals surface area contributed by atoms with E-state index in [1.54, 1.807) is 0 Å². The van der Waals surface area contributed by atoms with Gasteiger partial charge in [0.2, 0.25) is 0 Å². The fourth-order valence-corrected chi connectivity index (χ4v) is 3.89. The second-order valence-electron chi connectivity index (χ2n) is 5.53. The van der Waals surface area contributed by atoms with Gasteiger partial charge in [0, 0.05) is 16.2 Å². The molecule has 1 aromatic carbocycles. The maximum atomic E-state index is 5.87. The predicted octanol–water partition coefficient (Wildman–Crippen LogP) is 4.77. The molecule has 2 heteroatoms. The molecular formula is C16H25NS. The van der Waals surface area contributed by atoms with E-state index in [0.29, 0.717) is 0 Å². The van der Waals surface area contributed by atoms with Gasteiger partial charge < -0.3 is 5.73 Å². The minimum Gasteiger partial charge on any atom is -0.324 e. The van der Waals surface area contributed by atoms with Crippen LogP contribution in [0.1, 0.15) is 57.6 Å². The Hall–Kier alpha value is -0.470. The van der Waals surface area contributed by atoms with Crippen molar-refractivity contribution < 1.29 is 0 Å². The summed E-state index contributed by atoms with van der Waals surface area (Å²) in [5.41, 5.74) is 7.10. The van der Waals surface area contributed by atoms with Gasteiger partial charge in [0.1, 0.15) is 0 Å². The van der Waals surface area contributed by atoms with E-state index in [1.807, 2.05) is 6.92 Å². The molecular weight excluding hydrogens is 238 g/mol. The maximum absolute atomic E-state index is 5.87. The number of benzene rings is 1. The topological polar surface area (TPSA) is 26.0 Å². The zero-order valence-corrected chi connectivity index (χ0v) is 12.4. The van der Waals surface area contributed by atoms with Crippen LogP contribution >= 0.6 is 11.8 Å². The van der Waals surface area contributed by atoms with Crippen molar-refractivity contribution in [2.24, 2.45) is 11.7 Å². The first-order valence-electron chi connectivity index (χ1n) is 7.21. The van der Waals surface area contributed by atoms with Crippen LogP contribution in [0.25, 0.3) is 0 Å². The number of nitrogens with two attached hydrogens (primary N) is 1. The highest BCUT2D eigenvalue weighted by Gasteiger charge is 2.20. The minimum absolute atomic E-state index is 0.143. The third kappa shape index (κ3) is 3.76. The SMILES string of the molecule is CCC1CCC(Sc2ccc(C(C)N)cc2)CC1. The summed E-state index contributed by atoms with van der Waals surface area (Å²) in [4.78, 5) is 1.40. The summed E-state index contributed by atoms with van der Waals surface area (Å²) in [6.45, 7) is 4.36. The Morgan fingerprint density at radius 3 is 2.28 bits per heavy atom. The zero-order valence-electron chi connectivity index (χ0n) is 11.6. The molecule has 1 aliphatic carbocycles. The second kappa shape index (κ2) is 6.63. The Morgan fingerprint density at radius 2 is 1.78 bits per heavy atom. The van der Waals surface area contributed by atoms with Crippen molar-refractivity contribution in [2.45, 2.75) is 62.1 Å². The fraction of sp³-hybridized carbons (Fsp3) is 0.625. The Morgan fingerprint density at radius 1 is 1.17 bits per heavy atom. The van der Waals surface area contributed by atoms with Gasteiger partial charge in [-0.25, -0.2) is 0 Å². The van der Waals surface area contributed by atoms with Crippen LogP contribution < -0.4 is 5.73 Å². The van der Waals surface area contributed by atoms with E-state index in [1.165, 1.54) is 42.6 Å². The molecule has 1 atom stereocenters. The van der Waals surface area contributed by atoms with Crippen LogP contribution in [0.2, 0.25) is 0 Å². The van der Waals surface area contributed by atoms with Crippen LogP contribution in [0.3, 0.4) is 0 Å². The van der Waals surface area contributed by atoms with Gasteiger partial charge in [-0.2, -0.15) is 0 Å². The molecule has 1 fully saturated rings. The Labute approximate surface area is 116 Å². The smallest absolute Gasteiger partial charge is 0.0266 e. The van der Waals surface area contributed by atoms with Gasteiger partial charge in [0.05, 0.1) is 0 Å². The molecule has 0 heterocycles. The molecule has 1 aromatic rings. The quantitative estimate of drug-likeness (QED) is 0.847. The molecule has 0 amide bonds. The zero-order chi connectivity index (χ0) is 13.0. The lowest BCUT2D eigenvalue weighted by molar-refractivity contribution is 0.356. The molecule has 0 aromatic heterocycles. The van der Waals surface area contributed by atoms with E-state index in [2.05, 4.69) is 43.0 Å². The lowest BCUT2D eigenvalue weighted by Crippen LogP contribution is -2.15. The van der Waals surface area contributed by atoms with Crippen LogP contribution in [0, 0.1) is 5.92 Å². The van der Waals surface area contributed by atoms with Crippen molar-refractivity contribution in [1.82, 2.24) is 0 Å². The first-order valence-corrected chi connectivity index (χ1v) is 8.09. The van der Waals surface area contributed by atoms with Crippen molar-refractivity contribution in [3.8, 4) is 0 Å². The van der Waals surface area contributed by atoms with Crippen LogP contribution in [0.15, 0.2) is 29.2 Å². The molecule has 2 N–H and O–H groups in total. The van der Waals surface area contributed by atoms with Crippen LogP contribution in [0.5, 0.6) is 0 Å². The average molecular weight is 263 g/mol. The largest absolute Gasteiger partial charge is 0.324 e. The van der Waals surface area contributed by atoms with Crippen LogP contribution in [0.4, 0.5) is 0 Å². The van der Waals surface area contributed by atoms with Gasteiger partial charge in [0.15, 0.2) is 0 Å². The fourth-order valence-electron chi connectivity index (χ4n) is 2.70. The highest BCUT2D eigenvalue weighted by molar-refractivity contribution is 8.00. The standard InChI is InChI=1S/C16H25NS/c1-3-13-4-8-15(9-5-13)18-16-10-6-14(7-11-16)12(2)17/h6-7,10-13,15H,3-5,8-9,17H2,1-2H3. The third-order valence-electron chi connectivity index (χ3n) is 4.08. The summed E-state index contributed by atoms with van der Waals surface area (Å²) >= 11 is 2.06. The molecule has 1 nitrogen and oxygen atoms in total. The van der Waals surface area contributed by atoms with Gasteiger partial charge >= 0.3 is 0 Å². The first kappa shape index (κ1) is 14.0. The van der Waals surface area contributed by atoms with Gasteiger partial charge in [0.25, 0.3) is 0 Å². The molecule has 0 spiro atoms. The second-order valence-corrected chi connectivity index (χ2v) is 6.90. The number of rotatable bonds is 4. The van der Waals surface area contributed by atoms with Crippen molar-refractivity contribution in [3.05, 3.63) is 29.8 Å². The molecule has 100 valence electrons. The maximum Gasteiger partial charge on any atom is 0.0266 e. The number of hydrogen-bond donors (Lipinski definition) is 1. The van der Waals surface area contributed by atoms with Gasteiger partial charge in [-0.05, 0) is 56.2 Å². The van der Waals surface area contributed by atoms with Gasteiger partial charge in [-0.1, -0.05) is 25.5 Å². The van der Waals surface area contributed by atoms with E-state index in [-0.39, 0.29) is 6.04 Å². The molecule has 0 saturated heterocycles. The van der Waals surface area contributed by atoms with Crippen LogP contribution in [-0.2, 0) is 0 Å². The Balaban J connectivity index is 1.86. The molecule has 0 radical (unpaired) electrons. The number of hydrogen-bond acceptors (Lipinski definition) is 2. The molecule has 2 rings (SSSR count). The lowest BCUT2D eigenvalue weighted by atomic mass is 9.87. The van der Waals surface area contributed by atoms with Crippen molar-refractivity contribution in [3.63, 3.8) is 0 Å². The Kier molecular flexibility index (Phi) is 5.13. The highest BCUT2D eigenvalue weighted by Crippen LogP contribution is 2.37. The first-order chi connectivity index (χ1) is 8.69. The number of thioether (sulfide) groups is 1. The van der Waals surface area contributed by atoms with Crippen molar-refractivity contribution in [1.29, 1.82) is 0 Å². The van der Waals surface area contributed by atoms with Gasteiger partial charge in [-0.3, -0.25) is 0 Å². The summed E-state index contributed by atoms with van der Waals surface area (Å²) in [6.07, 6.45) is 6.98. The molecule has 0 bridgehead atoms. The summed E-state index contributed by atoms with van der Waals surface area (Å²) < 4.78 is 0. The summed E-state index contributed by atoms with van der Waals surface area (Å²) in [7, 11) is 0. The highest BCUT2D eigenvalue weighted by atomic mass is 32.2. The van der Waals surface area contributed by atoms with Crippen LogP contribution in [-0.4, -0.2) is 5.25 Å². The predicted molar refractivity (Wildman–Crippen MR) is 80.9 cm³/mol. The molecule has 1 saturated carbocycles. The molecule has 1 aliphatic rings. The molecule has 0 aliphatic heterocycles. The summed E-state index contributed by atoms with van der Waals surface area (Å²) in [5.74, 6) is 0.988. The monoisotopic (exact) mass is 263 g/mol. The van der Waals surface area contributed by atoms with Crippen molar-refractivity contribution in [2.75, 3.05) is 0 Å². The minimum atomic E-state index is 0.143.